The summed E-state index contributed by atoms with van der Waals surface area (Å²) < 4.78 is 2.61. The van der Waals surface area contributed by atoms with Gasteiger partial charge in [-0.2, -0.15) is 0 Å². The van der Waals surface area contributed by atoms with Gasteiger partial charge in [0.1, 0.15) is 0 Å². The molecule has 0 aliphatic rings. The number of hydrogen-bond acceptors (Lipinski definition) is 2. The molecule has 0 atom stereocenters. The van der Waals surface area contributed by atoms with Crippen LogP contribution < -0.4 is 4.90 Å². The SMILES string of the molecule is c1ccc(-c2ccccc2-c2c(-c3ccccc3)cccc2N(c2ccc(-c3ccc(-c4cccc5ccccc45)cc3)cc2)c2cccc(-c3cccc4c3sc3ccccc34)c2)cc1. The summed E-state index contributed by atoms with van der Waals surface area (Å²) in [6.07, 6.45) is 0. The number of rotatable bonds is 9. The Balaban J connectivity index is 1.04. The maximum Gasteiger partial charge on any atom is 0.0546 e. The van der Waals surface area contributed by atoms with Crippen molar-refractivity contribution in [2.24, 2.45) is 0 Å². The van der Waals surface area contributed by atoms with Gasteiger partial charge in [-0.1, -0.05) is 224 Å². The zero-order valence-electron chi connectivity index (χ0n) is 36.2. The average molecular weight is 858 g/mol. The van der Waals surface area contributed by atoms with Crippen LogP contribution in [0.15, 0.2) is 261 Å². The number of benzene rings is 11. The molecule has 12 rings (SSSR count). The number of anilines is 3. The molecule has 0 saturated heterocycles. The molecule has 1 nitrogen and oxygen atoms in total. The first-order valence-corrected chi connectivity index (χ1v) is 23.4. The van der Waals surface area contributed by atoms with Gasteiger partial charge < -0.3 is 4.90 Å². The highest BCUT2D eigenvalue weighted by Crippen LogP contribution is 2.49. The minimum atomic E-state index is 1.08. The van der Waals surface area contributed by atoms with E-state index >= 15 is 0 Å². The Bertz CT molecular complexity index is 3680. The van der Waals surface area contributed by atoms with E-state index in [0.717, 1.165) is 17.1 Å². The van der Waals surface area contributed by atoms with Gasteiger partial charge in [0.25, 0.3) is 0 Å². The van der Waals surface area contributed by atoms with Crippen LogP contribution in [-0.4, -0.2) is 0 Å². The number of thiophene rings is 1. The predicted octanol–water partition coefficient (Wildman–Crippen LogP) is 18.7. The first-order chi connectivity index (χ1) is 32.7. The van der Waals surface area contributed by atoms with Crippen molar-refractivity contribution in [2.75, 3.05) is 4.90 Å². The third-order valence-electron chi connectivity index (χ3n) is 12.9. The summed E-state index contributed by atoms with van der Waals surface area (Å²) in [4.78, 5) is 2.46. The molecule has 0 aliphatic carbocycles. The van der Waals surface area contributed by atoms with E-state index in [1.165, 1.54) is 97.7 Å². The molecule has 0 radical (unpaired) electrons. The summed E-state index contributed by atoms with van der Waals surface area (Å²) in [5.41, 5.74) is 17.6. The zero-order valence-corrected chi connectivity index (χ0v) is 37.0. The fraction of sp³-hybridized carbons (Fsp3) is 0. The van der Waals surface area contributed by atoms with E-state index in [2.05, 4.69) is 266 Å². The fourth-order valence-corrected chi connectivity index (χ4v) is 11.0. The van der Waals surface area contributed by atoms with Crippen LogP contribution in [0.25, 0.3) is 97.7 Å². The van der Waals surface area contributed by atoms with E-state index in [4.69, 9.17) is 0 Å². The molecule has 1 heterocycles. The molecule has 0 saturated carbocycles. The Morgan fingerprint density at radius 1 is 0.273 bits per heavy atom. The third kappa shape index (κ3) is 7.15. The minimum absolute atomic E-state index is 1.08. The standard InChI is InChI=1S/C64H43NS/c1-3-17-46(18-4-1)55-26-9-10-28-59(55)63-56(48-19-5-2-6-20-48)30-16-33-61(63)65(52-24-13-23-50(43-52)57-31-15-32-60-58-27-11-12-34-62(58)66-64(57)60)51-41-39-45(40-42-51)44-35-37-49(38-36-44)54-29-14-22-47-21-7-8-25-53(47)54/h1-43H. The fourth-order valence-electron chi connectivity index (χ4n) is 9.77. The lowest BCUT2D eigenvalue weighted by Crippen LogP contribution is -2.12. The summed E-state index contributed by atoms with van der Waals surface area (Å²) in [6.45, 7) is 0. The lowest BCUT2D eigenvalue weighted by Gasteiger charge is -2.30. The van der Waals surface area contributed by atoms with Crippen LogP contribution in [0.5, 0.6) is 0 Å². The Morgan fingerprint density at radius 2 is 0.773 bits per heavy atom. The largest absolute Gasteiger partial charge is 0.310 e. The van der Waals surface area contributed by atoms with Crippen molar-refractivity contribution in [2.45, 2.75) is 0 Å². The van der Waals surface area contributed by atoms with E-state index in [-0.39, 0.29) is 0 Å². The van der Waals surface area contributed by atoms with E-state index in [9.17, 15) is 0 Å². The summed E-state index contributed by atoms with van der Waals surface area (Å²) >= 11 is 1.87. The molecule has 12 aromatic rings. The summed E-state index contributed by atoms with van der Waals surface area (Å²) in [6, 6.07) is 95.2. The van der Waals surface area contributed by atoms with Crippen LogP contribution >= 0.6 is 11.3 Å². The molecular weight excluding hydrogens is 815 g/mol. The van der Waals surface area contributed by atoms with Crippen molar-refractivity contribution in [1.82, 2.24) is 0 Å². The molecule has 2 heteroatoms. The van der Waals surface area contributed by atoms with Gasteiger partial charge in [-0.3, -0.25) is 0 Å². The molecule has 0 spiro atoms. The second-order valence-corrected chi connectivity index (χ2v) is 17.8. The predicted molar refractivity (Wildman–Crippen MR) is 284 cm³/mol. The molecule has 0 fully saturated rings. The van der Waals surface area contributed by atoms with Gasteiger partial charge in [0.2, 0.25) is 0 Å². The van der Waals surface area contributed by atoms with Crippen LogP contribution in [0.2, 0.25) is 0 Å². The van der Waals surface area contributed by atoms with Gasteiger partial charge in [-0.05, 0) is 108 Å². The molecule has 11 aromatic carbocycles. The Hall–Kier alpha value is -8.30. The van der Waals surface area contributed by atoms with Crippen LogP contribution in [0.3, 0.4) is 0 Å². The third-order valence-corrected chi connectivity index (χ3v) is 14.1. The highest BCUT2D eigenvalue weighted by Gasteiger charge is 2.23. The molecule has 0 unspecified atom stereocenters. The number of nitrogens with zero attached hydrogens (tertiary/aromatic N) is 1. The second-order valence-electron chi connectivity index (χ2n) is 16.8. The first-order valence-electron chi connectivity index (χ1n) is 22.6. The number of hydrogen-bond donors (Lipinski definition) is 0. The van der Waals surface area contributed by atoms with Crippen molar-refractivity contribution < 1.29 is 0 Å². The molecule has 0 N–H and O–H groups in total. The van der Waals surface area contributed by atoms with Gasteiger partial charge in [-0.25, -0.2) is 0 Å². The van der Waals surface area contributed by atoms with Gasteiger partial charge in [0.15, 0.2) is 0 Å². The quantitative estimate of drug-likeness (QED) is 0.140. The van der Waals surface area contributed by atoms with Crippen molar-refractivity contribution >= 4 is 59.3 Å². The summed E-state index contributed by atoms with van der Waals surface area (Å²) in [5.74, 6) is 0. The Kier molecular flexibility index (Phi) is 10.1. The molecule has 0 bridgehead atoms. The van der Waals surface area contributed by atoms with Gasteiger partial charge in [0, 0.05) is 37.1 Å². The van der Waals surface area contributed by atoms with Crippen LogP contribution in [0.4, 0.5) is 17.1 Å². The molecule has 310 valence electrons. The lowest BCUT2D eigenvalue weighted by atomic mass is 9.87. The summed E-state index contributed by atoms with van der Waals surface area (Å²) in [5, 5.41) is 5.12. The maximum atomic E-state index is 2.46. The normalized spacial score (nSPS) is 11.3. The van der Waals surface area contributed by atoms with Crippen molar-refractivity contribution in [1.29, 1.82) is 0 Å². The van der Waals surface area contributed by atoms with Crippen LogP contribution in [0.1, 0.15) is 0 Å². The summed E-state index contributed by atoms with van der Waals surface area (Å²) in [7, 11) is 0. The topological polar surface area (TPSA) is 3.24 Å². The van der Waals surface area contributed by atoms with E-state index in [1.54, 1.807) is 0 Å². The van der Waals surface area contributed by atoms with E-state index < -0.39 is 0 Å². The minimum Gasteiger partial charge on any atom is -0.310 e. The monoisotopic (exact) mass is 857 g/mol. The van der Waals surface area contributed by atoms with Crippen LogP contribution in [-0.2, 0) is 0 Å². The number of fused-ring (bicyclic) bond motifs is 4. The van der Waals surface area contributed by atoms with Crippen molar-refractivity contribution in [3.8, 4) is 66.8 Å². The molecular formula is C64H43NS. The highest BCUT2D eigenvalue weighted by molar-refractivity contribution is 7.26. The van der Waals surface area contributed by atoms with E-state index in [1.807, 2.05) is 11.3 Å². The van der Waals surface area contributed by atoms with Gasteiger partial charge in [0.05, 0.1) is 5.69 Å². The smallest absolute Gasteiger partial charge is 0.0546 e. The molecule has 0 amide bonds. The first kappa shape index (κ1) is 39.3. The van der Waals surface area contributed by atoms with Gasteiger partial charge >= 0.3 is 0 Å². The average Bonchev–Trinajstić information content (AvgIpc) is 3.79. The van der Waals surface area contributed by atoms with Crippen LogP contribution in [0, 0.1) is 0 Å². The molecule has 1 aromatic heterocycles. The lowest BCUT2D eigenvalue weighted by molar-refractivity contribution is 1.28. The maximum absolute atomic E-state index is 2.46. The second kappa shape index (κ2) is 17.0. The van der Waals surface area contributed by atoms with Crippen molar-refractivity contribution in [3.63, 3.8) is 0 Å². The van der Waals surface area contributed by atoms with Crippen molar-refractivity contribution in [3.05, 3.63) is 261 Å². The zero-order chi connectivity index (χ0) is 43.8. The highest BCUT2D eigenvalue weighted by atomic mass is 32.1. The Labute approximate surface area is 389 Å². The van der Waals surface area contributed by atoms with Gasteiger partial charge in [-0.15, -0.1) is 11.3 Å². The molecule has 66 heavy (non-hydrogen) atoms. The molecule has 0 aliphatic heterocycles. The van der Waals surface area contributed by atoms with E-state index in [0.29, 0.717) is 0 Å². The Morgan fingerprint density at radius 3 is 1.56 bits per heavy atom.